The van der Waals surface area contributed by atoms with Crippen molar-refractivity contribution in [3.63, 3.8) is 0 Å². The van der Waals surface area contributed by atoms with E-state index in [-0.39, 0.29) is 0 Å². The van der Waals surface area contributed by atoms with Crippen LogP contribution in [0.5, 0.6) is 0 Å². The predicted octanol–water partition coefficient (Wildman–Crippen LogP) is 2.72. The van der Waals surface area contributed by atoms with Gasteiger partial charge in [0.15, 0.2) is 0 Å². The summed E-state index contributed by atoms with van der Waals surface area (Å²) in [7, 11) is -1.87. The van der Waals surface area contributed by atoms with E-state index in [1.807, 2.05) is 43.7 Å². The Morgan fingerprint density at radius 2 is 1.94 bits per heavy atom. The summed E-state index contributed by atoms with van der Waals surface area (Å²) in [5.41, 5.74) is 4.03. The average Bonchev–Trinajstić information content (AvgIpc) is 2.23. The molecule has 0 aliphatic rings. The van der Waals surface area contributed by atoms with Crippen molar-refractivity contribution in [1.82, 2.24) is 5.48 Å². The van der Waals surface area contributed by atoms with Gasteiger partial charge in [-0.15, -0.1) is 0 Å². The summed E-state index contributed by atoms with van der Waals surface area (Å²) in [5, 5.41) is 0. The van der Waals surface area contributed by atoms with E-state index in [1.165, 1.54) is 0 Å². The number of hydrogen-bond donors (Lipinski definition) is 1. The molecular formula is C12H20NO2P. The third kappa shape index (κ3) is 6.78. The molecule has 1 N–H and O–H groups in total. The van der Waals surface area contributed by atoms with Crippen LogP contribution in [-0.4, -0.2) is 26.0 Å². The lowest BCUT2D eigenvalue weighted by molar-refractivity contribution is 0.0284. The number of hydrogen-bond acceptors (Lipinski definition) is 3. The number of nitrogens with one attached hydrogen (secondary N) is 1. The monoisotopic (exact) mass is 241 g/mol. The summed E-state index contributed by atoms with van der Waals surface area (Å²) in [5.74, 6) is 0. The molecule has 0 heterocycles. The van der Waals surface area contributed by atoms with Crippen LogP contribution in [0.2, 0.25) is 0 Å². The highest BCUT2D eigenvalue weighted by Gasteiger charge is 2.05. The third-order valence-electron chi connectivity index (χ3n) is 2.16. The molecule has 0 saturated carbocycles. The molecule has 0 saturated heterocycles. The minimum absolute atomic E-state index is 0.566. The average molecular weight is 241 g/mol. The summed E-state index contributed by atoms with van der Waals surface area (Å²) in [6.45, 7) is 4.95. The van der Waals surface area contributed by atoms with Crippen molar-refractivity contribution >= 4 is 7.14 Å². The van der Waals surface area contributed by atoms with Gasteiger partial charge in [-0.2, -0.15) is 0 Å². The highest BCUT2D eigenvalue weighted by Crippen LogP contribution is 2.35. The molecule has 4 heteroatoms. The van der Waals surface area contributed by atoms with E-state index in [4.69, 9.17) is 4.84 Å². The van der Waals surface area contributed by atoms with Crippen LogP contribution in [0.25, 0.3) is 0 Å². The third-order valence-corrected chi connectivity index (χ3v) is 3.55. The molecule has 0 aliphatic heterocycles. The van der Waals surface area contributed by atoms with Crippen molar-refractivity contribution in [2.75, 3.05) is 26.0 Å². The number of rotatable bonds is 7. The standard InChI is InChI=1S/C12H20NO2P/c1-16(2,14)10-6-9-13-15-11-12-7-4-3-5-8-12/h3-5,7-8,13H,6,9-11H2,1-2H3. The molecule has 0 unspecified atom stereocenters. The molecule has 16 heavy (non-hydrogen) atoms. The zero-order valence-corrected chi connectivity index (χ0v) is 10.9. The van der Waals surface area contributed by atoms with Crippen molar-refractivity contribution in [3.05, 3.63) is 35.9 Å². The second-order valence-electron chi connectivity index (χ2n) is 4.32. The number of hydroxylamine groups is 1. The van der Waals surface area contributed by atoms with Crippen LogP contribution in [0.15, 0.2) is 30.3 Å². The molecule has 1 aromatic carbocycles. The first kappa shape index (κ1) is 13.4. The summed E-state index contributed by atoms with van der Waals surface area (Å²) < 4.78 is 11.4. The Labute approximate surface area is 97.5 Å². The fourth-order valence-corrected chi connectivity index (χ4v) is 2.23. The first-order chi connectivity index (χ1) is 7.58. The summed E-state index contributed by atoms with van der Waals surface area (Å²) >= 11 is 0. The largest absolute Gasteiger partial charge is 0.324 e. The van der Waals surface area contributed by atoms with Crippen LogP contribution in [-0.2, 0) is 16.0 Å². The molecule has 3 nitrogen and oxygen atoms in total. The quantitative estimate of drug-likeness (QED) is 0.453. The van der Waals surface area contributed by atoms with Gasteiger partial charge in [0.25, 0.3) is 0 Å². The molecular weight excluding hydrogens is 221 g/mol. The van der Waals surface area contributed by atoms with Gasteiger partial charge >= 0.3 is 0 Å². The zero-order chi connectivity index (χ0) is 11.9. The van der Waals surface area contributed by atoms with Gasteiger partial charge in [-0.25, -0.2) is 5.48 Å². The first-order valence-corrected chi connectivity index (χ1v) is 8.29. The highest BCUT2D eigenvalue weighted by atomic mass is 31.2. The van der Waals surface area contributed by atoms with Crippen LogP contribution in [0.1, 0.15) is 12.0 Å². The maximum atomic E-state index is 11.4. The fraction of sp³-hybridized carbons (Fsp3) is 0.500. The van der Waals surface area contributed by atoms with Gasteiger partial charge in [0.2, 0.25) is 0 Å². The second-order valence-corrected chi connectivity index (χ2v) is 7.91. The molecule has 0 spiro atoms. The smallest absolute Gasteiger partial charge is 0.0933 e. The van der Waals surface area contributed by atoms with E-state index >= 15 is 0 Å². The van der Waals surface area contributed by atoms with E-state index < -0.39 is 7.14 Å². The Morgan fingerprint density at radius 3 is 2.56 bits per heavy atom. The van der Waals surface area contributed by atoms with Gasteiger partial charge in [0.05, 0.1) is 13.7 Å². The van der Waals surface area contributed by atoms with Crippen molar-refractivity contribution in [1.29, 1.82) is 0 Å². The maximum Gasteiger partial charge on any atom is 0.0933 e. The SMILES string of the molecule is CP(C)(=O)CCCNOCc1ccccc1. The molecule has 0 aliphatic carbocycles. The normalized spacial score (nSPS) is 11.6. The van der Waals surface area contributed by atoms with Gasteiger partial charge in [-0.05, 0) is 25.3 Å². The molecule has 90 valence electrons. The minimum atomic E-state index is -1.87. The molecule has 0 radical (unpaired) electrons. The molecule has 0 fully saturated rings. The van der Waals surface area contributed by atoms with Crippen molar-refractivity contribution < 1.29 is 9.40 Å². The van der Waals surface area contributed by atoms with Gasteiger partial charge in [-0.3, -0.25) is 4.84 Å². The van der Waals surface area contributed by atoms with E-state index in [9.17, 15) is 4.57 Å². The highest BCUT2D eigenvalue weighted by molar-refractivity contribution is 7.62. The van der Waals surface area contributed by atoms with E-state index in [2.05, 4.69) is 5.48 Å². The Hall–Kier alpha value is -0.630. The number of benzene rings is 1. The van der Waals surface area contributed by atoms with E-state index in [1.54, 1.807) is 0 Å². The molecule has 1 aromatic rings. The molecule has 0 atom stereocenters. The Bertz CT molecular complexity index is 334. The summed E-state index contributed by atoms with van der Waals surface area (Å²) in [4.78, 5) is 5.29. The van der Waals surface area contributed by atoms with Gasteiger partial charge < -0.3 is 4.57 Å². The molecule has 1 rings (SSSR count). The minimum Gasteiger partial charge on any atom is -0.324 e. The first-order valence-electron chi connectivity index (χ1n) is 5.50. The Balaban J connectivity index is 2.03. The summed E-state index contributed by atoms with van der Waals surface area (Å²) in [6, 6.07) is 10.0. The van der Waals surface area contributed by atoms with Crippen LogP contribution in [0.3, 0.4) is 0 Å². The lowest BCUT2D eigenvalue weighted by Crippen LogP contribution is -2.16. The van der Waals surface area contributed by atoms with E-state index in [0.29, 0.717) is 6.61 Å². The lowest BCUT2D eigenvalue weighted by atomic mass is 10.2. The van der Waals surface area contributed by atoms with Crippen LogP contribution < -0.4 is 5.48 Å². The topological polar surface area (TPSA) is 38.3 Å². The maximum absolute atomic E-state index is 11.4. The molecule has 0 aromatic heterocycles. The van der Waals surface area contributed by atoms with Crippen LogP contribution in [0.4, 0.5) is 0 Å². The van der Waals surface area contributed by atoms with Crippen molar-refractivity contribution in [2.45, 2.75) is 13.0 Å². The Morgan fingerprint density at radius 1 is 1.25 bits per heavy atom. The molecule has 0 amide bonds. The van der Waals surface area contributed by atoms with Gasteiger partial charge in [0, 0.05) is 12.7 Å². The van der Waals surface area contributed by atoms with Gasteiger partial charge in [0.1, 0.15) is 0 Å². The van der Waals surface area contributed by atoms with Crippen molar-refractivity contribution in [3.8, 4) is 0 Å². The summed E-state index contributed by atoms with van der Waals surface area (Å²) in [6.07, 6.45) is 1.66. The lowest BCUT2D eigenvalue weighted by Gasteiger charge is -2.08. The molecule has 0 bridgehead atoms. The Kier molecular flexibility index (Phi) is 5.75. The van der Waals surface area contributed by atoms with Crippen LogP contribution in [0, 0.1) is 0 Å². The van der Waals surface area contributed by atoms with E-state index in [0.717, 1.165) is 24.7 Å². The zero-order valence-electron chi connectivity index (χ0n) is 9.98. The predicted molar refractivity (Wildman–Crippen MR) is 68.2 cm³/mol. The van der Waals surface area contributed by atoms with Crippen molar-refractivity contribution in [2.24, 2.45) is 0 Å². The fourth-order valence-electron chi connectivity index (χ4n) is 1.31. The van der Waals surface area contributed by atoms with Gasteiger partial charge in [-0.1, -0.05) is 30.3 Å². The van der Waals surface area contributed by atoms with Crippen LogP contribution >= 0.6 is 7.14 Å². The second kappa shape index (κ2) is 6.85.